The van der Waals surface area contributed by atoms with Crippen LogP contribution in [0.4, 0.5) is 8.78 Å². The van der Waals surface area contributed by atoms with Gasteiger partial charge >= 0.3 is 0 Å². The normalized spacial score (nSPS) is 16.9. The van der Waals surface area contributed by atoms with Crippen molar-refractivity contribution in [1.29, 1.82) is 0 Å². The van der Waals surface area contributed by atoms with Gasteiger partial charge in [0.15, 0.2) is 0 Å². The molecule has 0 unspecified atom stereocenters. The molecule has 5 heteroatoms. The number of hydrogen-bond donors (Lipinski definition) is 1. The highest BCUT2D eigenvalue weighted by Gasteiger charge is 2.41. The molecule has 0 bridgehead atoms. The van der Waals surface area contributed by atoms with Gasteiger partial charge in [-0.25, -0.2) is 8.78 Å². The van der Waals surface area contributed by atoms with Gasteiger partial charge in [-0.15, -0.1) is 11.6 Å². The molecule has 0 aliphatic heterocycles. The minimum absolute atomic E-state index is 0.0889. The zero-order chi connectivity index (χ0) is 13.2. The number of benzene rings is 1. The molecule has 1 N–H and O–H groups in total. The average molecular weight is 339 g/mol. The highest BCUT2D eigenvalue weighted by Crippen LogP contribution is 2.48. The average Bonchev–Trinajstić information content (AvgIpc) is 3.09. The van der Waals surface area contributed by atoms with E-state index in [1.54, 1.807) is 0 Å². The molecule has 100 valence electrons. The molecule has 1 aromatic rings. The molecule has 1 aliphatic carbocycles. The molecule has 0 amide bonds. The monoisotopic (exact) mass is 337 g/mol. The van der Waals surface area contributed by atoms with Gasteiger partial charge in [0.05, 0.1) is 4.47 Å². The van der Waals surface area contributed by atoms with Crippen LogP contribution < -0.4 is 5.32 Å². The van der Waals surface area contributed by atoms with Gasteiger partial charge in [0, 0.05) is 24.5 Å². The van der Waals surface area contributed by atoms with Crippen molar-refractivity contribution < 1.29 is 8.78 Å². The van der Waals surface area contributed by atoms with Crippen molar-refractivity contribution in [1.82, 2.24) is 5.32 Å². The first-order valence-electron chi connectivity index (χ1n) is 5.97. The van der Waals surface area contributed by atoms with E-state index < -0.39 is 11.6 Å². The van der Waals surface area contributed by atoms with Crippen molar-refractivity contribution in [2.24, 2.45) is 5.41 Å². The van der Waals surface area contributed by atoms with Gasteiger partial charge in [-0.1, -0.05) is 0 Å². The Morgan fingerprint density at radius 1 is 1.33 bits per heavy atom. The van der Waals surface area contributed by atoms with Gasteiger partial charge in [0.1, 0.15) is 11.6 Å². The van der Waals surface area contributed by atoms with Crippen LogP contribution in [-0.4, -0.2) is 12.4 Å². The summed E-state index contributed by atoms with van der Waals surface area (Å²) in [6, 6.07) is 2.65. The maximum absolute atomic E-state index is 13.7. The van der Waals surface area contributed by atoms with Crippen molar-refractivity contribution in [2.75, 3.05) is 12.4 Å². The maximum Gasteiger partial charge on any atom is 0.144 e. The lowest BCUT2D eigenvalue weighted by Gasteiger charge is -2.15. The Labute approximate surface area is 119 Å². The Bertz CT molecular complexity index is 435. The number of nitrogens with one attached hydrogen (secondary N) is 1. The minimum atomic E-state index is -0.523. The highest BCUT2D eigenvalue weighted by atomic mass is 79.9. The predicted octanol–water partition coefficient (Wildman–Crippen LogP) is 4.23. The third-order valence-electron chi connectivity index (χ3n) is 3.52. The van der Waals surface area contributed by atoms with Crippen LogP contribution in [0.25, 0.3) is 0 Å². The number of hydrogen-bond acceptors (Lipinski definition) is 1. The molecule has 1 fully saturated rings. The lowest BCUT2D eigenvalue weighted by molar-refractivity contribution is 0.435. The molecule has 0 aromatic heterocycles. The van der Waals surface area contributed by atoms with Gasteiger partial charge in [-0.05, 0) is 52.7 Å². The van der Waals surface area contributed by atoms with Crippen LogP contribution >= 0.6 is 27.5 Å². The van der Waals surface area contributed by atoms with E-state index in [1.165, 1.54) is 12.1 Å². The first-order chi connectivity index (χ1) is 8.58. The fraction of sp³-hybridized carbons (Fsp3) is 0.538. The zero-order valence-electron chi connectivity index (χ0n) is 9.91. The van der Waals surface area contributed by atoms with E-state index in [-0.39, 0.29) is 17.5 Å². The van der Waals surface area contributed by atoms with Gasteiger partial charge in [0.25, 0.3) is 0 Å². The molecule has 0 spiro atoms. The second kappa shape index (κ2) is 5.85. The quantitative estimate of drug-likeness (QED) is 0.605. The molecule has 1 aliphatic rings. The lowest BCUT2D eigenvalue weighted by atomic mass is 10.0. The van der Waals surface area contributed by atoms with Crippen molar-refractivity contribution in [3.63, 3.8) is 0 Å². The summed E-state index contributed by atoms with van der Waals surface area (Å²) in [6.45, 7) is 0.978. The third-order valence-corrected chi connectivity index (χ3v) is 4.32. The third kappa shape index (κ3) is 3.22. The number of alkyl halides is 1. The van der Waals surface area contributed by atoms with Gasteiger partial charge < -0.3 is 5.32 Å². The van der Waals surface area contributed by atoms with Crippen molar-refractivity contribution in [3.05, 3.63) is 33.8 Å². The van der Waals surface area contributed by atoms with E-state index in [0.29, 0.717) is 10.4 Å². The summed E-state index contributed by atoms with van der Waals surface area (Å²) >= 11 is 8.80. The SMILES string of the molecule is Fc1ccc(Br)c(F)c1CNCC1(CCCl)CC1. The predicted molar refractivity (Wildman–Crippen MR) is 72.8 cm³/mol. The Morgan fingerprint density at radius 2 is 2.06 bits per heavy atom. The molecule has 2 rings (SSSR count). The van der Waals surface area contributed by atoms with Crippen molar-refractivity contribution in [2.45, 2.75) is 25.8 Å². The van der Waals surface area contributed by atoms with Crippen molar-refractivity contribution >= 4 is 27.5 Å². The van der Waals surface area contributed by atoms with Crippen LogP contribution in [0.2, 0.25) is 0 Å². The number of rotatable bonds is 6. The molecule has 0 heterocycles. The van der Waals surface area contributed by atoms with Gasteiger partial charge in [-0.3, -0.25) is 0 Å². The fourth-order valence-electron chi connectivity index (χ4n) is 2.08. The summed E-state index contributed by atoms with van der Waals surface area (Å²) < 4.78 is 27.5. The Hall–Kier alpha value is -0.190. The summed E-state index contributed by atoms with van der Waals surface area (Å²) in [5.41, 5.74) is 0.354. The fourth-order valence-corrected chi connectivity index (χ4v) is 2.85. The molecule has 18 heavy (non-hydrogen) atoms. The van der Waals surface area contributed by atoms with E-state index in [4.69, 9.17) is 11.6 Å². The van der Waals surface area contributed by atoms with Crippen LogP contribution in [0.15, 0.2) is 16.6 Å². The molecule has 0 atom stereocenters. The molecule has 0 saturated heterocycles. The second-order valence-electron chi connectivity index (χ2n) is 4.86. The largest absolute Gasteiger partial charge is 0.312 e. The maximum atomic E-state index is 13.7. The van der Waals surface area contributed by atoms with Crippen LogP contribution in [0, 0.1) is 17.0 Å². The smallest absolute Gasteiger partial charge is 0.144 e. The van der Waals surface area contributed by atoms with E-state index in [0.717, 1.165) is 25.8 Å². The Kier molecular flexibility index (Phi) is 4.62. The lowest BCUT2D eigenvalue weighted by Crippen LogP contribution is -2.25. The van der Waals surface area contributed by atoms with Crippen LogP contribution in [-0.2, 0) is 6.54 Å². The van der Waals surface area contributed by atoms with Gasteiger partial charge in [-0.2, -0.15) is 0 Å². The summed E-state index contributed by atoms with van der Waals surface area (Å²) in [5, 5.41) is 3.14. The summed E-state index contributed by atoms with van der Waals surface area (Å²) in [5.74, 6) is -0.392. The molecular formula is C13H15BrClF2N. The molecule has 1 saturated carbocycles. The summed E-state index contributed by atoms with van der Waals surface area (Å²) in [4.78, 5) is 0. The van der Waals surface area contributed by atoms with E-state index in [2.05, 4.69) is 21.2 Å². The first kappa shape index (κ1) is 14.2. The number of halogens is 4. The topological polar surface area (TPSA) is 12.0 Å². The van der Waals surface area contributed by atoms with Gasteiger partial charge in [0.2, 0.25) is 0 Å². The zero-order valence-corrected chi connectivity index (χ0v) is 12.3. The van der Waals surface area contributed by atoms with Crippen LogP contribution in [0.3, 0.4) is 0 Å². The molecule has 1 nitrogen and oxygen atoms in total. The first-order valence-corrected chi connectivity index (χ1v) is 7.30. The molecule has 1 aromatic carbocycles. The summed E-state index contributed by atoms with van der Waals surface area (Å²) in [7, 11) is 0. The second-order valence-corrected chi connectivity index (χ2v) is 6.10. The van der Waals surface area contributed by atoms with Crippen LogP contribution in [0.1, 0.15) is 24.8 Å². The Morgan fingerprint density at radius 3 is 2.67 bits per heavy atom. The van der Waals surface area contributed by atoms with Crippen molar-refractivity contribution in [3.8, 4) is 0 Å². The van der Waals surface area contributed by atoms with Crippen LogP contribution in [0.5, 0.6) is 0 Å². The van der Waals surface area contributed by atoms with E-state index in [9.17, 15) is 8.78 Å². The summed E-state index contributed by atoms with van der Waals surface area (Å²) in [6.07, 6.45) is 3.26. The highest BCUT2D eigenvalue weighted by molar-refractivity contribution is 9.10. The molecular weight excluding hydrogens is 324 g/mol. The van der Waals surface area contributed by atoms with E-state index >= 15 is 0 Å². The van der Waals surface area contributed by atoms with E-state index in [1.807, 2.05) is 0 Å². The minimum Gasteiger partial charge on any atom is -0.312 e. The Balaban J connectivity index is 1.93. The molecule has 0 radical (unpaired) electrons. The standard InChI is InChI=1S/C13H15BrClF2N/c14-10-1-2-11(16)9(12(10)17)7-18-8-13(3-4-13)5-6-15/h1-2,18H,3-8H2.